The highest BCUT2D eigenvalue weighted by molar-refractivity contribution is 6.05. The van der Waals surface area contributed by atoms with E-state index in [1.54, 1.807) is 15.6 Å². The lowest BCUT2D eigenvalue weighted by atomic mass is 9.99. The van der Waals surface area contributed by atoms with E-state index < -0.39 is 11.9 Å². The van der Waals surface area contributed by atoms with Crippen LogP contribution in [0.1, 0.15) is 54.2 Å². The Hall–Kier alpha value is -3.07. The van der Waals surface area contributed by atoms with E-state index in [-0.39, 0.29) is 18.2 Å². The van der Waals surface area contributed by atoms with Gasteiger partial charge >= 0.3 is 0 Å². The predicted octanol–water partition coefficient (Wildman–Crippen LogP) is 1.30. The van der Waals surface area contributed by atoms with Crippen LogP contribution in [0.3, 0.4) is 0 Å². The number of hydrogen-bond donors (Lipinski definition) is 1. The molecule has 1 atom stereocenters. The average Bonchev–Trinajstić information content (AvgIpc) is 3.38. The van der Waals surface area contributed by atoms with Crippen molar-refractivity contribution in [2.75, 3.05) is 19.6 Å². The number of imide groups is 1. The summed E-state index contributed by atoms with van der Waals surface area (Å²) in [5.74, 6) is -0.0258. The van der Waals surface area contributed by atoms with Crippen molar-refractivity contribution < 1.29 is 14.4 Å². The Balaban J connectivity index is 1.25. The summed E-state index contributed by atoms with van der Waals surface area (Å²) < 4.78 is 1.74. The molecule has 3 amide bonds. The number of amides is 3. The molecule has 168 valence electrons. The van der Waals surface area contributed by atoms with Crippen molar-refractivity contribution in [1.82, 2.24) is 30.1 Å². The van der Waals surface area contributed by atoms with Crippen LogP contribution in [0.4, 0.5) is 0 Å². The van der Waals surface area contributed by atoms with Gasteiger partial charge in [-0.3, -0.25) is 19.7 Å². The fourth-order valence-electron chi connectivity index (χ4n) is 4.80. The number of hydrogen-bond acceptors (Lipinski definition) is 6. The Morgan fingerprint density at radius 1 is 1.12 bits per heavy atom. The SMILES string of the molecule is CC1CCN(CCc2cn(-c3ccc4c(c3)CN(C3CCC(=O)NC3=O)C4=O)nn2)CC1. The van der Waals surface area contributed by atoms with Crippen molar-refractivity contribution in [2.45, 2.75) is 51.6 Å². The number of benzene rings is 1. The molecule has 3 aliphatic heterocycles. The molecule has 0 aliphatic carbocycles. The monoisotopic (exact) mass is 436 g/mol. The van der Waals surface area contributed by atoms with E-state index in [1.807, 2.05) is 18.3 Å². The number of nitrogens with one attached hydrogen (secondary N) is 1. The first-order valence-electron chi connectivity index (χ1n) is 11.4. The largest absolute Gasteiger partial charge is 0.322 e. The van der Waals surface area contributed by atoms with Gasteiger partial charge in [-0.1, -0.05) is 12.1 Å². The topological polar surface area (TPSA) is 100 Å². The summed E-state index contributed by atoms with van der Waals surface area (Å²) >= 11 is 0. The highest BCUT2D eigenvalue weighted by atomic mass is 16.2. The maximum atomic E-state index is 12.9. The first-order chi connectivity index (χ1) is 15.5. The minimum absolute atomic E-state index is 0.170. The maximum Gasteiger partial charge on any atom is 0.255 e. The van der Waals surface area contributed by atoms with Crippen molar-refractivity contribution >= 4 is 17.7 Å². The Labute approximate surface area is 186 Å². The van der Waals surface area contributed by atoms with Crippen LogP contribution < -0.4 is 5.32 Å². The molecular formula is C23H28N6O3. The number of aromatic nitrogens is 3. The molecule has 5 rings (SSSR count). The minimum Gasteiger partial charge on any atom is -0.322 e. The summed E-state index contributed by atoms with van der Waals surface area (Å²) in [6.45, 7) is 5.96. The molecule has 1 N–H and O–H groups in total. The van der Waals surface area contributed by atoms with Crippen LogP contribution in [-0.4, -0.2) is 68.2 Å². The van der Waals surface area contributed by atoms with Crippen molar-refractivity contribution in [2.24, 2.45) is 5.92 Å². The summed E-state index contributed by atoms with van der Waals surface area (Å²) in [6, 6.07) is 4.97. The molecule has 3 aliphatic rings. The van der Waals surface area contributed by atoms with Crippen LogP contribution in [0, 0.1) is 5.92 Å². The fraction of sp³-hybridized carbons (Fsp3) is 0.522. The van der Waals surface area contributed by atoms with Gasteiger partial charge in [0.15, 0.2) is 0 Å². The van der Waals surface area contributed by atoms with Gasteiger partial charge in [0.1, 0.15) is 6.04 Å². The lowest BCUT2D eigenvalue weighted by Gasteiger charge is -2.29. The standard InChI is InChI=1S/C23H28N6O3/c1-15-6-9-27(10-7-15)11-8-17-14-29(26-25-17)18-2-3-19-16(12-18)13-28(23(19)32)20-4-5-21(30)24-22(20)31/h2-3,12,14-15,20H,4-11,13H2,1H3,(H,24,30,31). The Morgan fingerprint density at radius 2 is 1.94 bits per heavy atom. The molecular weight excluding hydrogens is 408 g/mol. The number of carbonyl (C=O) groups excluding carboxylic acids is 3. The first-order valence-corrected chi connectivity index (χ1v) is 11.4. The van der Waals surface area contributed by atoms with E-state index in [1.165, 1.54) is 12.8 Å². The third-order valence-electron chi connectivity index (χ3n) is 6.87. The summed E-state index contributed by atoms with van der Waals surface area (Å²) in [7, 11) is 0. The lowest BCUT2D eigenvalue weighted by Crippen LogP contribution is -2.52. The maximum absolute atomic E-state index is 12.9. The van der Waals surface area contributed by atoms with Crippen LogP contribution in [0.15, 0.2) is 24.4 Å². The van der Waals surface area contributed by atoms with Gasteiger partial charge in [0.25, 0.3) is 5.91 Å². The zero-order valence-corrected chi connectivity index (χ0v) is 18.3. The van der Waals surface area contributed by atoms with E-state index in [0.29, 0.717) is 18.5 Å². The fourth-order valence-corrected chi connectivity index (χ4v) is 4.80. The van der Waals surface area contributed by atoms with Gasteiger partial charge in [-0.2, -0.15) is 0 Å². The highest BCUT2D eigenvalue weighted by Crippen LogP contribution is 2.29. The van der Waals surface area contributed by atoms with Crippen LogP contribution in [0.2, 0.25) is 0 Å². The van der Waals surface area contributed by atoms with Crippen molar-refractivity contribution in [3.05, 3.63) is 41.2 Å². The molecule has 2 aromatic rings. The summed E-state index contributed by atoms with van der Waals surface area (Å²) in [5.41, 5.74) is 3.24. The van der Waals surface area contributed by atoms with Gasteiger partial charge < -0.3 is 9.80 Å². The molecule has 0 radical (unpaired) electrons. The second-order valence-electron chi connectivity index (χ2n) is 9.17. The smallest absolute Gasteiger partial charge is 0.255 e. The molecule has 0 bridgehead atoms. The number of likely N-dealkylation sites (tertiary alicyclic amines) is 1. The molecule has 0 spiro atoms. The molecule has 4 heterocycles. The summed E-state index contributed by atoms with van der Waals surface area (Å²) in [6.07, 6.45) is 5.94. The summed E-state index contributed by atoms with van der Waals surface area (Å²) in [4.78, 5) is 40.6. The Morgan fingerprint density at radius 3 is 2.72 bits per heavy atom. The van der Waals surface area contributed by atoms with Gasteiger partial charge in [0.05, 0.1) is 17.6 Å². The average molecular weight is 437 g/mol. The molecule has 32 heavy (non-hydrogen) atoms. The van der Waals surface area contributed by atoms with E-state index >= 15 is 0 Å². The number of fused-ring (bicyclic) bond motifs is 1. The van der Waals surface area contributed by atoms with Crippen LogP contribution in [0.25, 0.3) is 5.69 Å². The molecule has 0 saturated carbocycles. The number of carbonyl (C=O) groups is 3. The second kappa shape index (κ2) is 8.46. The zero-order chi connectivity index (χ0) is 22.2. The van der Waals surface area contributed by atoms with Crippen molar-refractivity contribution in [3.63, 3.8) is 0 Å². The minimum atomic E-state index is -0.605. The van der Waals surface area contributed by atoms with Gasteiger partial charge in [-0.15, -0.1) is 5.10 Å². The van der Waals surface area contributed by atoms with E-state index in [9.17, 15) is 14.4 Å². The van der Waals surface area contributed by atoms with Crippen molar-refractivity contribution in [3.8, 4) is 5.69 Å². The molecule has 1 aromatic heterocycles. The number of rotatable bonds is 5. The van der Waals surface area contributed by atoms with Gasteiger partial charge in [-0.05, 0) is 62.0 Å². The van der Waals surface area contributed by atoms with Crippen LogP contribution in [-0.2, 0) is 22.6 Å². The van der Waals surface area contributed by atoms with Gasteiger partial charge in [-0.25, -0.2) is 4.68 Å². The molecule has 1 unspecified atom stereocenters. The van der Waals surface area contributed by atoms with E-state index in [2.05, 4.69) is 27.5 Å². The zero-order valence-electron chi connectivity index (χ0n) is 18.3. The first kappa shape index (κ1) is 20.8. The Kier molecular flexibility index (Phi) is 5.50. The summed E-state index contributed by atoms with van der Waals surface area (Å²) in [5, 5.41) is 10.9. The van der Waals surface area contributed by atoms with E-state index in [0.717, 1.165) is 48.9 Å². The van der Waals surface area contributed by atoms with Crippen LogP contribution in [0.5, 0.6) is 0 Å². The van der Waals surface area contributed by atoms with Gasteiger partial charge in [0, 0.05) is 31.5 Å². The third-order valence-corrected chi connectivity index (χ3v) is 6.87. The molecule has 2 saturated heterocycles. The molecule has 9 nitrogen and oxygen atoms in total. The van der Waals surface area contributed by atoms with E-state index in [4.69, 9.17) is 0 Å². The van der Waals surface area contributed by atoms with Gasteiger partial charge in [0.2, 0.25) is 11.8 Å². The molecule has 1 aromatic carbocycles. The molecule has 2 fully saturated rings. The highest BCUT2D eigenvalue weighted by Gasteiger charge is 2.39. The van der Waals surface area contributed by atoms with Crippen molar-refractivity contribution in [1.29, 1.82) is 0 Å². The normalized spacial score (nSPS) is 22.3. The van der Waals surface area contributed by atoms with Crippen LogP contribution >= 0.6 is 0 Å². The molecule has 9 heteroatoms. The Bertz CT molecular complexity index is 1060. The third kappa shape index (κ3) is 4.04. The quantitative estimate of drug-likeness (QED) is 0.710. The number of piperidine rings is 2. The predicted molar refractivity (Wildman–Crippen MR) is 116 cm³/mol. The lowest BCUT2D eigenvalue weighted by molar-refractivity contribution is -0.136. The second-order valence-corrected chi connectivity index (χ2v) is 9.17. The number of nitrogens with zero attached hydrogens (tertiary/aromatic N) is 5.